The zero-order valence-corrected chi connectivity index (χ0v) is 14.5. The van der Waals surface area contributed by atoms with E-state index in [0.29, 0.717) is 5.56 Å². The lowest BCUT2D eigenvalue weighted by Gasteiger charge is -2.06. The van der Waals surface area contributed by atoms with E-state index in [9.17, 15) is 4.79 Å². The third-order valence-electron chi connectivity index (χ3n) is 4.21. The molecule has 122 valence electrons. The molecule has 0 N–H and O–H groups in total. The zero-order valence-electron chi connectivity index (χ0n) is 13.7. The summed E-state index contributed by atoms with van der Waals surface area (Å²) >= 11 is 1.65. The van der Waals surface area contributed by atoms with Crippen molar-refractivity contribution < 1.29 is 9.53 Å². The summed E-state index contributed by atoms with van der Waals surface area (Å²) < 4.78 is 6.37. The van der Waals surface area contributed by atoms with Gasteiger partial charge in [0.25, 0.3) is 0 Å². The predicted molar refractivity (Wildman–Crippen MR) is 104 cm³/mol. The van der Waals surface area contributed by atoms with Gasteiger partial charge in [0.2, 0.25) is 0 Å². The Morgan fingerprint density at radius 3 is 2.24 bits per heavy atom. The molecule has 0 aliphatic rings. The smallest absolute Gasteiger partial charge is 0.195 e. The van der Waals surface area contributed by atoms with Crippen molar-refractivity contribution in [2.24, 2.45) is 0 Å². The molecule has 4 rings (SSSR count). The number of methoxy groups -OCH3 is 1. The number of benzene rings is 3. The maximum atomic E-state index is 13.2. The maximum absolute atomic E-state index is 13.2. The zero-order chi connectivity index (χ0) is 17.2. The topological polar surface area (TPSA) is 26.3 Å². The number of hydrogen-bond acceptors (Lipinski definition) is 3. The van der Waals surface area contributed by atoms with E-state index in [2.05, 4.69) is 6.07 Å². The van der Waals surface area contributed by atoms with Crippen LogP contribution in [0.5, 0.6) is 5.75 Å². The number of carbonyl (C=O) groups is 1. The standard InChI is InChI=1S/C22H16O2S/c1-24-17-13-11-16(12-14-17)22-20(18-9-5-6-10-19(18)25-22)21(23)15-7-3-2-4-8-15/h2-14H,1H3. The molecule has 0 saturated heterocycles. The fourth-order valence-electron chi connectivity index (χ4n) is 2.95. The van der Waals surface area contributed by atoms with Crippen LogP contribution in [-0.4, -0.2) is 12.9 Å². The Morgan fingerprint density at radius 2 is 1.52 bits per heavy atom. The molecule has 0 saturated carbocycles. The lowest BCUT2D eigenvalue weighted by molar-refractivity contribution is 0.104. The van der Waals surface area contributed by atoms with Crippen LogP contribution >= 0.6 is 11.3 Å². The van der Waals surface area contributed by atoms with E-state index in [1.807, 2.05) is 72.8 Å². The molecule has 3 heteroatoms. The summed E-state index contributed by atoms with van der Waals surface area (Å²) in [5.41, 5.74) is 2.51. The van der Waals surface area contributed by atoms with Crippen molar-refractivity contribution in [1.82, 2.24) is 0 Å². The maximum Gasteiger partial charge on any atom is 0.195 e. The summed E-state index contributed by atoms with van der Waals surface area (Å²) in [6, 6.07) is 25.4. The molecule has 0 atom stereocenters. The summed E-state index contributed by atoms with van der Waals surface area (Å²) in [4.78, 5) is 14.2. The van der Waals surface area contributed by atoms with Crippen LogP contribution in [-0.2, 0) is 0 Å². The summed E-state index contributed by atoms with van der Waals surface area (Å²) in [5.74, 6) is 0.865. The first-order chi connectivity index (χ1) is 12.3. The minimum Gasteiger partial charge on any atom is -0.497 e. The number of rotatable bonds is 4. The van der Waals surface area contributed by atoms with Gasteiger partial charge in [0.1, 0.15) is 5.75 Å². The first-order valence-electron chi connectivity index (χ1n) is 8.03. The second kappa shape index (κ2) is 6.54. The Balaban J connectivity index is 1.93. The normalized spacial score (nSPS) is 10.8. The predicted octanol–water partition coefficient (Wildman–Crippen LogP) is 5.81. The largest absolute Gasteiger partial charge is 0.497 e. The molecule has 0 aliphatic carbocycles. The average molecular weight is 344 g/mol. The Bertz CT molecular complexity index is 1030. The van der Waals surface area contributed by atoms with Gasteiger partial charge in [-0.25, -0.2) is 0 Å². The molecule has 3 aromatic carbocycles. The summed E-state index contributed by atoms with van der Waals surface area (Å²) in [6.45, 7) is 0. The van der Waals surface area contributed by atoms with Gasteiger partial charge in [-0.2, -0.15) is 0 Å². The van der Waals surface area contributed by atoms with Crippen molar-refractivity contribution in [3.63, 3.8) is 0 Å². The van der Waals surface area contributed by atoms with Crippen molar-refractivity contribution in [3.8, 4) is 16.2 Å². The van der Waals surface area contributed by atoms with Gasteiger partial charge < -0.3 is 4.74 Å². The van der Waals surface area contributed by atoms with Crippen LogP contribution in [0.1, 0.15) is 15.9 Å². The molecule has 0 unspecified atom stereocenters. The van der Waals surface area contributed by atoms with Gasteiger partial charge in [-0.3, -0.25) is 4.79 Å². The Kier molecular flexibility index (Phi) is 4.08. The van der Waals surface area contributed by atoms with Gasteiger partial charge in [0.05, 0.1) is 7.11 Å². The van der Waals surface area contributed by atoms with Gasteiger partial charge in [0.15, 0.2) is 5.78 Å². The highest BCUT2D eigenvalue weighted by Crippen LogP contribution is 2.40. The molecule has 0 aliphatic heterocycles. The van der Waals surface area contributed by atoms with Crippen LogP contribution < -0.4 is 4.74 Å². The highest BCUT2D eigenvalue weighted by Gasteiger charge is 2.21. The van der Waals surface area contributed by atoms with Gasteiger partial charge >= 0.3 is 0 Å². The third-order valence-corrected chi connectivity index (χ3v) is 5.43. The first-order valence-corrected chi connectivity index (χ1v) is 8.85. The molecular weight excluding hydrogens is 328 g/mol. The molecule has 1 aromatic heterocycles. The third kappa shape index (κ3) is 2.83. The second-order valence-electron chi connectivity index (χ2n) is 5.73. The Labute approximate surface area is 150 Å². The monoisotopic (exact) mass is 344 g/mol. The number of hydrogen-bond donors (Lipinski definition) is 0. The minimum atomic E-state index is 0.0591. The van der Waals surface area contributed by atoms with Crippen LogP contribution in [0.3, 0.4) is 0 Å². The number of ether oxygens (including phenoxy) is 1. The minimum absolute atomic E-state index is 0.0591. The summed E-state index contributed by atoms with van der Waals surface area (Å²) in [6.07, 6.45) is 0. The first kappa shape index (κ1) is 15.6. The van der Waals surface area contributed by atoms with Gasteiger partial charge in [-0.05, 0) is 35.9 Å². The lowest BCUT2D eigenvalue weighted by atomic mass is 9.98. The summed E-state index contributed by atoms with van der Waals surface area (Å²) in [7, 11) is 1.65. The highest BCUT2D eigenvalue weighted by molar-refractivity contribution is 7.22. The van der Waals surface area contributed by atoms with E-state index in [1.54, 1.807) is 18.4 Å². The fourth-order valence-corrected chi connectivity index (χ4v) is 4.16. The van der Waals surface area contributed by atoms with Gasteiger partial charge in [-0.1, -0.05) is 48.5 Å². The van der Waals surface area contributed by atoms with Gasteiger partial charge in [0, 0.05) is 26.1 Å². The van der Waals surface area contributed by atoms with Crippen molar-refractivity contribution in [3.05, 3.63) is 90.0 Å². The Hall–Kier alpha value is -2.91. The molecule has 0 amide bonds. The van der Waals surface area contributed by atoms with E-state index in [0.717, 1.165) is 31.8 Å². The SMILES string of the molecule is COc1ccc(-c2sc3ccccc3c2C(=O)c2ccccc2)cc1. The quantitative estimate of drug-likeness (QED) is 0.437. The molecule has 0 fully saturated rings. The van der Waals surface area contributed by atoms with Crippen LogP contribution in [0.15, 0.2) is 78.9 Å². The molecule has 4 aromatic rings. The molecule has 2 nitrogen and oxygen atoms in total. The van der Waals surface area contributed by atoms with E-state index in [4.69, 9.17) is 4.74 Å². The van der Waals surface area contributed by atoms with Crippen LogP contribution in [0.2, 0.25) is 0 Å². The average Bonchev–Trinajstić information content (AvgIpc) is 3.07. The fraction of sp³-hybridized carbons (Fsp3) is 0.0455. The van der Waals surface area contributed by atoms with E-state index < -0.39 is 0 Å². The van der Waals surface area contributed by atoms with E-state index in [-0.39, 0.29) is 5.78 Å². The van der Waals surface area contributed by atoms with Gasteiger partial charge in [-0.15, -0.1) is 11.3 Å². The van der Waals surface area contributed by atoms with Crippen LogP contribution in [0.4, 0.5) is 0 Å². The number of carbonyl (C=O) groups excluding carboxylic acids is 1. The molecule has 1 heterocycles. The van der Waals surface area contributed by atoms with Crippen LogP contribution in [0.25, 0.3) is 20.5 Å². The van der Waals surface area contributed by atoms with Crippen LogP contribution in [0, 0.1) is 0 Å². The van der Waals surface area contributed by atoms with Crippen molar-refractivity contribution in [2.45, 2.75) is 0 Å². The van der Waals surface area contributed by atoms with Crippen molar-refractivity contribution >= 4 is 27.2 Å². The molecule has 0 spiro atoms. The molecule has 0 radical (unpaired) electrons. The number of fused-ring (bicyclic) bond motifs is 1. The molecule has 0 bridgehead atoms. The number of ketones is 1. The molecular formula is C22H16O2S. The van der Waals surface area contributed by atoms with Crippen molar-refractivity contribution in [2.75, 3.05) is 7.11 Å². The lowest BCUT2D eigenvalue weighted by Crippen LogP contribution is -2.01. The van der Waals surface area contributed by atoms with Crippen molar-refractivity contribution in [1.29, 1.82) is 0 Å². The van der Waals surface area contributed by atoms with E-state index in [1.165, 1.54) is 0 Å². The Morgan fingerprint density at radius 1 is 0.840 bits per heavy atom. The molecule has 25 heavy (non-hydrogen) atoms. The number of thiophene rings is 1. The summed E-state index contributed by atoms with van der Waals surface area (Å²) in [5, 5.41) is 1.01. The second-order valence-corrected chi connectivity index (χ2v) is 6.78. The van der Waals surface area contributed by atoms with E-state index >= 15 is 0 Å². The highest BCUT2D eigenvalue weighted by atomic mass is 32.1.